The average Bonchev–Trinajstić information content (AvgIpc) is 3.34. The molecule has 3 N–H and O–H groups in total. The molecule has 0 unspecified atom stereocenters. The highest BCUT2D eigenvalue weighted by atomic mass is 32.2. The van der Waals surface area contributed by atoms with Crippen LogP contribution in [0.2, 0.25) is 0 Å². The molecule has 26 heavy (non-hydrogen) atoms. The van der Waals surface area contributed by atoms with E-state index < -0.39 is 0 Å². The maximum atomic E-state index is 3.72. The fraction of sp³-hybridized carbons (Fsp3) is 0.455. The Morgan fingerprint density at radius 2 is 1.15 bits per heavy atom. The van der Waals surface area contributed by atoms with Crippen LogP contribution in [0.1, 0.15) is 51.4 Å². The molecule has 0 saturated heterocycles. The third-order valence-corrected chi connectivity index (χ3v) is 7.02. The lowest BCUT2D eigenvalue weighted by atomic mass is 10.2. The highest BCUT2D eigenvalue weighted by Crippen LogP contribution is 2.46. The molecule has 5 rings (SSSR count). The van der Waals surface area contributed by atoms with Gasteiger partial charge in [0.05, 0.1) is 11.4 Å². The van der Waals surface area contributed by atoms with Gasteiger partial charge in [0.25, 0.3) is 0 Å². The molecule has 0 amide bonds. The first kappa shape index (κ1) is 16.4. The summed E-state index contributed by atoms with van der Waals surface area (Å²) in [6, 6.07) is 14.8. The number of rotatable bonds is 4. The standard InChI is InChI=1S/C22H27N3S/c1-2-6-15(5-1)23-17-9-11-19-21(13-17)26-22-14-18(10-12-20(22)25-19)24-16-7-3-4-8-16/h9-16,23-25H,1-8H2. The van der Waals surface area contributed by atoms with Crippen LogP contribution in [0.25, 0.3) is 0 Å². The van der Waals surface area contributed by atoms with Crippen LogP contribution in [-0.4, -0.2) is 12.1 Å². The van der Waals surface area contributed by atoms with Crippen LogP contribution < -0.4 is 16.0 Å². The van der Waals surface area contributed by atoms with E-state index in [2.05, 4.69) is 52.3 Å². The van der Waals surface area contributed by atoms with Crippen LogP contribution in [0.4, 0.5) is 22.7 Å². The zero-order chi connectivity index (χ0) is 17.3. The Hall–Kier alpha value is -1.81. The van der Waals surface area contributed by atoms with E-state index in [1.54, 1.807) is 0 Å². The van der Waals surface area contributed by atoms with Crippen LogP contribution in [0.5, 0.6) is 0 Å². The first-order chi connectivity index (χ1) is 12.8. The molecule has 136 valence electrons. The maximum Gasteiger partial charge on any atom is 0.0527 e. The van der Waals surface area contributed by atoms with Crippen molar-refractivity contribution in [2.45, 2.75) is 73.2 Å². The fourth-order valence-corrected chi connectivity index (χ4v) is 5.54. The van der Waals surface area contributed by atoms with Gasteiger partial charge in [0.1, 0.15) is 0 Å². The van der Waals surface area contributed by atoms with E-state index >= 15 is 0 Å². The zero-order valence-electron chi connectivity index (χ0n) is 15.2. The van der Waals surface area contributed by atoms with Crippen LogP contribution >= 0.6 is 11.8 Å². The van der Waals surface area contributed by atoms with Crippen molar-refractivity contribution in [2.24, 2.45) is 0 Å². The molecule has 4 heteroatoms. The van der Waals surface area contributed by atoms with E-state index in [4.69, 9.17) is 0 Å². The molecule has 0 spiro atoms. The summed E-state index contributed by atoms with van der Waals surface area (Å²) in [7, 11) is 0. The van der Waals surface area contributed by atoms with Gasteiger partial charge < -0.3 is 16.0 Å². The molecule has 0 bridgehead atoms. The summed E-state index contributed by atoms with van der Waals surface area (Å²) in [6.45, 7) is 0. The third kappa shape index (κ3) is 3.39. The van der Waals surface area contributed by atoms with E-state index in [0.29, 0.717) is 12.1 Å². The van der Waals surface area contributed by atoms with Crippen LogP contribution in [-0.2, 0) is 0 Å². The van der Waals surface area contributed by atoms with Gasteiger partial charge in [0.2, 0.25) is 0 Å². The second-order valence-corrected chi connectivity index (χ2v) is 8.98. The van der Waals surface area contributed by atoms with Gasteiger partial charge in [-0.1, -0.05) is 37.4 Å². The Labute approximate surface area is 160 Å². The molecule has 0 atom stereocenters. The molecule has 0 aromatic heterocycles. The summed E-state index contributed by atoms with van der Waals surface area (Å²) in [5.41, 5.74) is 4.95. The quantitative estimate of drug-likeness (QED) is 0.486. The van der Waals surface area contributed by atoms with Crippen molar-refractivity contribution in [2.75, 3.05) is 16.0 Å². The van der Waals surface area contributed by atoms with Crippen molar-refractivity contribution in [1.82, 2.24) is 0 Å². The topological polar surface area (TPSA) is 36.1 Å². The molecule has 2 aromatic rings. The van der Waals surface area contributed by atoms with Crippen molar-refractivity contribution >= 4 is 34.5 Å². The summed E-state index contributed by atoms with van der Waals surface area (Å²) in [5, 5.41) is 11.0. The normalized spacial score (nSPS) is 19.7. The van der Waals surface area contributed by atoms with Crippen LogP contribution in [0.3, 0.4) is 0 Å². The van der Waals surface area contributed by atoms with E-state index in [9.17, 15) is 0 Å². The fourth-order valence-electron chi connectivity index (χ4n) is 4.47. The van der Waals surface area contributed by atoms with Gasteiger partial charge in [-0.05, 0) is 62.1 Å². The first-order valence-corrected chi connectivity index (χ1v) is 10.9. The van der Waals surface area contributed by atoms with Gasteiger partial charge in [-0.15, -0.1) is 0 Å². The van der Waals surface area contributed by atoms with E-state index in [-0.39, 0.29) is 0 Å². The van der Waals surface area contributed by atoms with E-state index in [0.717, 1.165) is 0 Å². The molecule has 2 aromatic carbocycles. The van der Waals surface area contributed by atoms with Gasteiger partial charge >= 0.3 is 0 Å². The Morgan fingerprint density at radius 1 is 0.692 bits per heavy atom. The summed E-state index contributed by atoms with van der Waals surface area (Å²) in [5.74, 6) is 0. The van der Waals surface area contributed by atoms with E-state index in [1.165, 1.54) is 83.9 Å². The highest BCUT2D eigenvalue weighted by molar-refractivity contribution is 7.99. The molecule has 3 nitrogen and oxygen atoms in total. The number of benzene rings is 2. The summed E-state index contributed by atoms with van der Waals surface area (Å²) in [6.07, 6.45) is 10.7. The molecule has 1 aliphatic heterocycles. The second kappa shape index (κ2) is 7.07. The van der Waals surface area contributed by atoms with Gasteiger partial charge in [-0.3, -0.25) is 0 Å². The van der Waals surface area contributed by atoms with Crippen molar-refractivity contribution < 1.29 is 0 Å². The third-order valence-electron chi connectivity index (χ3n) is 5.90. The van der Waals surface area contributed by atoms with Crippen molar-refractivity contribution in [1.29, 1.82) is 0 Å². The van der Waals surface area contributed by atoms with Gasteiger partial charge in [0.15, 0.2) is 0 Å². The first-order valence-electron chi connectivity index (χ1n) is 10.1. The minimum Gasteiger partial charge on any atom is -0.382 e. The highest BCUT2D eigenvalue weighted by Gasteiger charge is 2.20. The van der Waals surface area contributed by atoms with Gasteiger partial charge in [-0.2, -0.15) is 0 Å². The summed E-state index contributed by atoms with van der Waals surface area (Å²) in [4.78, 5) is 2.64. The Bertz CT molecular complexity index is 726. The van der Waals surface area contributed by atoms with Crippen molar-refractivity contribution in [3.8, 4) is 0 Å². The lowest BCUT2D eigenvalue weighted by molar-refractivity contribution is 0.755. The number of anilines is 4. The smallest absolute Gasteiger partial charge is 0.0527 e. The summed E-state index contributed by atoms with van der Waals surface area (Å²) >= 11 is 1.88. The SMILES string of the molecule is c1cc2c(cc1NC1CCCC1)Sc1cc(NC3CCCC3)ccc1N2. The summed E-state index contributed by atoms with van der Waals surface area (Å²) < 4.78 is 0. The molecular weight excluding hydrogens is 338 g/mol. The predicted molar refractivity (Wildman–Crippen MR) is 112 cm³/mol. The Balaban J connectivity index is 1.33. The molecule has 2 fully saturated rings. The molecule has 0 radical (unpaired) electrons. The zero-order valence-corrected chi connectivity index (χ0v) is 16.0. The predicted octanol–water partition coefficient (Wildman–Crippen LogP) is 6.60. The number of fused-ring (bicyclic) bond motifs is 2. The average molecular weight is 366 g/mol. The van der Waals surface area contributed by atoms with E-state index in [1.807, 2.05) is 11.8 Å². The van der Waals surface area contributed by atoms with Crippen LogP contribution in [0.15, 0.2) is 46.2 Å². The molecule has 1 heterocycles. The second-order valence-electron chi connectivity index (χ2n) is 7.90. The minimum atomic E-state index is 0.657. The number of hydrogen-bond donors (Lipinski definition) is 3. The largest absolute Gasteiger partial charge is 0.382 e. The lowest BCUT2D eigenvalue weighted by Crippen LogP contribution is -2.15. The lowest BCUT2D eigenvalue weighted by Gasteiger charge is -2.24. The van der Waals surface area contributed by atoms with Crippen LogP contribution in [0, 0.1) is 0 Å². The molecule has 2 saturated carbocycles. The van der Waals surface area contributed by atoms with Crippen molar-refractivity contribution in [3.63, 3.8) is 0 Å². The molecule has 3 aliphatic rings. The molecular formula is C22H27N3S. The minimum absolute atomic E-state index is 0.657. The van der Waals surface area contributed by atoms with Gasteiger partial charge in [0, 0.05) is 33.2 Å². The number of hydrogen-bond acceptors (Lipinski definition) is 4. The van der Waals surface area contributed by atoms with Crippen molar-refractivity contribution in [3.05, 3.63) is 36.4 Å². The molecule has 2 aliphatic carbocycles. The number of nitrogens with one attached hydrogen (secondary N) is 3. The van der Waals surface area contributed by atoms with Gasteiger partial charge in [-0.25, -0.2) is 0 Å². The maximum absolute atomic E-state index is 3.72. The Morgan fingerprint density at radius 3 is 1.62 bits per heavy atom. The monoisotopic (exact) mass is 365 g/mol. The Kier molecular flexibility index (Phi) is 4.45.